The molecule has 5 nitrogen and oxygen atoms in total. The van der Waals surface area contributed by atoms with Gasteiger partial charge in [-0.1, -0.05) is 13.8 Å². The van der Waals surface area contributed by atoms with Crippen LogP contribution in [0.3, 0.4) is 0 Å². The minimum Gasteiger partial charge on any atom is -0.475 e. The first-order valence-electron chi connectivity index (χ1n) is 7.01. The minimum absolute atomic E-state index is 0.341. The molecule has 0 aliphatic rings. The summed E-state index contributed by atoms with van der Waals surface area (Å²) in [5, 5.41) is 17.6. The van der Waals surface area contributed by atoms with Gasteiger partial charge in [0, 0.05) is 11.3 Å². The molecule has 0 aliphatic heterocycles. The van der Waals surface area contributed by atoms with E-state index in [1.54, 1.807) is 11.3 Å². The Morgan fingerprint density at radius 1 is 1.29 bits per heavy atom. The summed E-state index contributed by atoms with van der Waals surface area (Å²) in [6.45, 7) is 6.48. The molecular weight excluding hydrogens is 284 g/mol. The Morgan fingerprint density at radius 3 is 2.67 bits per heavy atom. The van der Waals surface area contributed by atoms with Crippen LogP contribution in [0.5, 0.6) is 5.88 Å². The Bertz CT molecular complexity index is 660. The van der Waals surface area contributed by atoms with Gasteiger partial charge in [0.2, 0.25) is 0 Å². The van der Waals surface area contributed by atoms with Crippen molar-refractivity contribution in [2.45, 2.75) is 40.0 Å². The molecular formula is C15H18N4OS. The Kier molecular flexibility index (Phi) is 5.23. The zero-order chi connectivity index (χ0) is 15.2. The number of ether oxygens (including phenoxy) is 1. The summed E-state index contributed by atoms with van der Waals surface area (Å²) >= 11 is 1.62. The van der Waals surface area contributed by atoms with E-state index in [4.69, 9.17) is 4.74 Å². The molecule has 0 aliphatic carbocycles. The molecule has 2 aromatic heterocycles. The summed E-state index contributed by atoms with van der Waals surface area (Å²) < 4.78 is 5.68. The van der Waals surface area contributed by atoms with E-state index in [-0.39, 0.29) is 0 Å². The van der Waals surface area contributed by atoms with E-state index in [0.717, 1.165) is 36.2 Å². The number of rotatable bonds is 6. The number of hydrogen-bond acceptors (Lipinski definition) is 6. The van der Waals surface area contributed by atoms with Crippen molar-refractivity contribution in [1.82, 2.24) is 15.2 Å². The Labute approximate surface area is 128 Å². The van der Waals surface area contributed by atoms with Gasteiger partial charge in [-0.2, -0.15) is 10.4 Å². The van der Waals surface area contributed by atoms with E-state index < -0.39 is 0 Å². The molecule has 0 atom stereocenters. The number of thiazole rings is 1. The van der Waals surface area contributed by atoms with Gasteiger partial charge in [-0.15, -0.1) is 16.4 Å². The van der Waals surface area contributed by atoms with Crippen LogP contribution in [0.2, 0.25) is 0 Å². The summed E-state index contributed by atoms with van der Waals surface area (Å²) in [5.74, 6) is 0.341. The molecule has 0 spiro atoms. The molecule has 0 radical (unpaired) electrons. The first kappa shape index (κ1) is 15.4. The van der Waals surface area contributed by atoms with Crippen LogP contribution in [0.1, 0.15) is 41.2 Å². The predicted octanol–water partition coefficient (Wildman–Crippen LogP) is 2.86. The Morgan fingerprint density at radius 2 is 2.10 bits per heavy atom. The zero-order valence-corrected chi connectivity index (χ0v) is 13.3. The highest BCUT2D eigenvalue weighted by Gasteiger charge is 2.15. The van der Waals surface area contributed by atoms with Gasteiger partial charge in [0.1, 0.15) is 11.6 Å². The van der Waals surface area contributed by atoms with Gasteiger partial charge in [-0.05, 0) is 25.3 Å². The number of nitrogens with zero attached hydrogens (tertiary/aromatic N) is 4. The second-order valence-electron chi connectivity index (χ2n) is 4.58. The molecule has 21 heavy (non-hydrogen) atoms. The standard InChI is InChI=1S/C15H18N4OS/c1-4-11-12(8-16)15(19-18-13(11)5-2)20-7-6-14-10(3)17-9-21-14/h9H,4-7H2,1-3H3. The summed E-state index contributed by atoms with van der Waals surface area (Å²) in [5.41, 5.74) is 5.20. The van der Waals surface area contributed by atoms with Crippen molar-refractivity contribution in [1.29, 1.82) is 5.26 Å². The van der Waals surface area contributed by atoms with Crippen LogP contribution in [-0.2, 0) is 19.3 Å². The van der Waals surface area contributed by atoms with Crippen molar-refractivity contribution in [2.24, 2.45) is 0 Å². The maximum atomic E-state index is 9.37. The van der Waals surface area contributed by atoms with E-state index in [0.29, 0.717) is 18.1 Å². The van der Waals surface area contributed by atoms with Gasteiger partial charge in [0.15, 0.2) is 0 Å². The molecule has 2 heterocycles. The van der Waals surface area contributed by atoms with Gasteiger partial charge in [0.25, 0.3) is 5.88 Å². The SMILES string of the molecule is CCc1nnc(OCCc2scnc2C)c(C#N)c1CC. The van der Waals surface area contributed by atoms with Crippen LogP contribution >= 0.6 is 11.3 Å². The van der Waals surface area contributed by atoms with Gasteiger partial charge in [-0.25, -0.2) is 4.98 Å². The minimum atomic E-state index is 0.341. The maximum Gasteiger partial charge on any atom is 0.251 e. The lowest BCUT2D eigenvalue weighted by Gasteiger charge is -2.11. The number of nitriles is 1. The van der Waals surface area contributed by atoms with Gasteiger partial charge < -0.3 is 4.74 Å². The molecule has 6 heteroatoms. The van der Waals surface area contributed by atoms with E-state index >= 15 is 0 Å². The van der Waals surface area contributed by atoms with E-state index in [2.05, 4.69) is 21.3 Å². The highest BCUT2D eigenvalue weighted by molar-refractivity contribution is 7.09. The van der Waals surface area contributed by atoms with E-state index in [1.165, 1.54) is 4.88 Å². The molecule has 110 valence electrons. The molecule has 0 bridgehead atoms. The fourth-order valence-electron chi connectivity index (χ4n) is 2.18. The quantitative estimate of drug-likeness (QED) is 0.820. The summed E-state index contributed by atoms with van der Waals surface area (Å²) in [7, 11) is 0. The second-order valence-corrected chi connectivity index (χ2v) is 5.52. The maximum absolute atomic E-state index is 9.37. The monoisotopic (exact) mass is 302 g/mol. The van der Waals surface area contributed by atoms with E-state index in [1.807, 2.05) is 26.3 Å². The largest absolute Gasteiger partial charge is 0.475 e. The van der Waals surface area contributed by atoms with Crippen LogP contribution in [0, 0.1) is 18.3 Å². The molecule has 0 unspecified atom stereocenters. The molecule has 2 aromatic rings. The lowest BCUT2D eigenvalue weighted by molar-refractivity contribution is 0.304. The number of aryl methyl sites for hydroxylation is 2. The van der Waals surface area contributed by atoms with Crippen molar-refractivity contribution in [2.75, 3.05) is 6.61 Å². The van der Waals surface area contributed by atoms with Crippen LogP contribution < -0.4 is 4.74 Å². The third-order valence-corrected chi connectivity index (χ3v) is 4.33. The van der Waals surface area contributed by atoms with Crippen molar-refractivity contribution >= 4 is 11.3 Å². The second kappa shape index (κ2) is 7.14. The first-order chi connectivity index (χ1) is 10.2. The van der Waals surface area contributed by atoms with Crippen molar-refractivity contribution in [3.8, 4) is 11.9 Å². The van der Waals surface area contributed by atoms with Gasteiger partial charge in [-0.3, -0.25) is 0 Å². The number of hydrogen-bond donors (Lipinski definition) is 0. The zero-order valence-electron chi connectivity index (χ0n) is 12.5. The summed E-state index contributed by atoms with van der Waals surface area (Å²) in [6.07, 6.45) is 2.29. The topological polar surface area (TPSA) is 71.7 Å². The van der Waals surface area contributed by atoms with Crippen LogP contribution in [0.15, 0.2) is 5.51 Å². The van der Waals surface area contributed by atoms with Crippen LogP contribution in [0.4, 0.5) is 0 Å². The molecule has 0 amide bonds. The highest BCUT2D eigenvalue weighted by Crippen LogP contribution is 2.22. The number of aromatic nitrogens is 3. The fraction of sp³-hybridized carbons (Fsp3) is 0.467. The molecule has 0 saturated heterocycles. The normalized spacial score (nSPS) is 10.4. The third-order valence-electron chi connectivity index (χ3n) is 3.34. The molecule has 2 rings (SSSR count). The highest BCUT2D eigenvalue weighted by atomic mass is 32.1. The van der Waals surface area contributed by atoms with Crippen molar-refractivity contribution in [3.63, 3.8) is 0 Å². The summed E-state index contributed by atoms with van der Waals surface area (Å²) in [4.78, 5) is 5.41. The Balaban J connectivity index is 2.13. The summed E-state index contributed by atoms with van der Waals surface area (Å²) in [6, 6.07) is 2.21. The fourth-order valence-corrected chi connectivity index (χ4v) is 2.94. The van der Waals surface area contributed by atoms with Gasteiger partial charge >= 0.3 is 0 Å². The molecule has 0 N–H and O–H groups in total. The lowest BCUT2D eigenvalue weighted by atomic mass is 10.0. The van der Waals surface area contributed by atoms with E-state index in [9.17, 15) is 5.26 Å². The molecule has 0 fully saturated rings. The van der Waals surface area contributed by atoms with Crippen LogP contribution in [0.25, 0.3) is 0 Å². The van der Waals surface area contributed by atoms with Crippen molar-refractivity contribution in [3.05, 3.63) is 32.9 Å². The van der Waals surface area contributed by atoms with Crippen molar-refractivity contribution < 1.29 is 4.74 Å². The Hall–Kier alpha value is -2.00. The smallest absolute Gasteiger partial charge is 0.251 e. The molecule has 0 saturated carbocycles. The van der Waals surface area contributed by atoms with Crippen LogP contribution in [-0.4, -0.2) is 21.8 Å². The molecule has 0 aromatic carbocycles. The third kappa shape index (κ3) is 3.37. The average Bonchev–Trinajstić information content (AvgIpc) is 2.91. The van der Waals surface area contributed by atoms with Gasteiger partial charge in [0.05, 0.1) is 23.5 Å². The predicted molar refractivity (Wildman–Crippen MR) is 81.6 cm³/mol. The average molecular weight is 302 g/mol. The first-order valence-corrected chi connectivity index (χ1v) is 7.89. The lowest BCUT2D eigenvalue weighted by Crippen LogP contribution is -2.09.